The van der Waals surface area contributed by atoms with Crippen LogP contribution in [-0.2, 0) is 10.0 Å². The fourth-order valence-corrected chi connectivity index (χ4v) is 6.18. The summed E-state index contributed by atoms with van der Waals surface area (Å²) < 4.78 is 30.6. The quantitative estimate of drug-likeness (QED) is 0.457. The minimum Gasteiger partial charge on any atom is -0.296 e. The molecule has 0 atom stereocenters. The molecule has 2 heterocycles. The Morgan fingerprint density at radius 3 is 2.81 bits per heavy atom. The van der Waals surface area contributed by atoms with E-state index in [4.69, 9.17) is 0 Å². The van der Waals surface area contributed by atoms with Crippen molar-refractivity contribution in [1.82, 2.24) is 14.8 Å². The summed E-state index contributed by atoms with van der Waals surface area (Å²) in [4.78, 5) is 12.1. The molecule has 0 radical (unpaired) electrons. The Bertz CT molecular complexity index is 1110. The summed E-state index contributed by atoms with van der Waals surface area (Å²) in [5, 5.41) is 7.98. The lowest BCUT2D eigenvalue weighted by atomic mass is 10.3. The van der Waals surface area contributed by atoms with Gasteiger partial charge in [-0.15, -0.1) is 16.8 Å². The lowest BCUT2D eigenvalue weighted by molar-refractivity contribution is 0.601. The molecule has 0 bridgehead atoms. The van der Waals surface area contributed by atoms with Crippen molar-refractivity contribution in [3.8, 4) is 0 Å². The number of nitrogens with zero attached hydrogens (tertiary/aromatic N) is 3. The maximum absolute atomic E-state index is 12.6. The van der Waals surface area contributed by atoms with Gasteiger partial charge in [0, 0.05) is 11.8 Å². The third kappa shape index (κ3) is 3.85. The fraction of sp³-hybridized carbons (Fsp3) is 0.267. The Morgan fingerprint density at radius 2 is 2.12 bits per heavy atom. The van der Waals surface area contributed by atoms with Crippen LogP contribution in [0.2, 0.25) is 0 Å². The van der Waals surface area contributed by atoms with Gasteiger partial charge in [-0.1, -0.05) is 40.5 Å². The molecule has 3 aromatic rings. The maximum Gasteiger partial charge on any atom is 0.308 e. The molecule has 138 valence electrons. The summed E-state index contributed by atoms with van der Waals surface area (Å²) in [6, 6.07) is 4.67. The van der Waals surface area contributed by atoms with Gasteiger partial charge in [-0.3, -0.25) is 14.1 Å². The van der Waals surface area contributed by atoms with Gasteiger partial charge in [0.05, 0.1) is 15.1 Å². The van der Waals surface area contributed by atoms with Crippen LogP contribution in [0.5, 0.6) is 0 Å². The van der Waals surface area contributed by atoms with Crippen molar-refractivity contribution in [1.29, 1.82) is 0 Å². The van der Waals surface area contributed by atoms with Gasteiger partial charge in [0.25, 0.3) is 10.0 Å². The van der Waals surface area contributed by atoms with Crippen LogP contribution in [-0.4, -0.2) is 28.9 Å². The number of hydrogen-bond donors (Lipinski definition) is 1. The van der Waals surface area contributed by atoms with Crippen LogP contribution in [0.4, 0.5) is 5.13 Å². The first-order valence-electron chi connectivity index (χ1n) is 7.57. The number of thiazole rings is 1. The number of thioether (sulfide) groups is 1. The number of benzene rings is 1. The van der Waals surface area contributed by atoms with Crippen molar-refractivity contribution in [2.75, 3.05) is 10.5 Å². The number of rotatable bonds is 7. The molecule has 0 amide bonds. The van der Waals surface area contributed by atoms with E-state index in [0.717, 1.165) is 28.2 Å². The molecule has 0 saturated carbocycles. The van der Waals surface area contributed by atoms with Gasteiger partial charge in [-0.25, -0.2) is 8.42 Å². The fourth-order valence-electron chi connectivity index (χ4n) is 2.29. The minimum absolute atomic E-state index is 0.00436. The van der Waals surface area contributed by atoms with Crippen molar-refractivity contribution in [2.45, 2.75) is 29.1 Å². The van der Waals surface area contributed by atoms with Crippen LogP contribution in [0.1, 0.15) is 19.9 Å². The molecule has 0 aliphatic heterocycles. The van der Waals surface area contributed by atoms with Crippen molar-refractivity contribution in [3.05, 3.63) is 40.5 Å². The first-order chi connectivity index (χ1) is 12.3. The highest BCUT2D eigenvalue weighted by Gasteiger charge is 2.19. The minimum atomic E-state index is -3.81. The molecule has 1 aromatic carbocycles. The molecular weight excluding hydrogens is 412 g/mol. The molecule has 0 aliphatic rings. The molecule has 0 unspecified atom stereocenters. The third-order valence-corrected chi connectivity index (χ3v) is 7.72. The smallest absolute Gasteiger partial charge is 0.296 e. The molecule has 26 heavy (non-hydrogen) atoms. The first-order valence-corrected chi connectivity index (χ1v) is 11.7. The topological polar surface area (TPSA) is 94.0 Å². The summed E-state index contributed by atoms with van der Waals surface area (Å²) in [5.41, 5.74) is 0.730. The number of anilines is 1. The van der Waals surface area contributed by atoms with E-state index in [1.807, 2.05) is 13.8 Å². The van der Waals surface area contributed by atoms with Crippen LogP contribution in [0, 0.1) is 0 Å². The Hall–Kier alpha value is -1.69. The second-order valence-corrected chi connectivity index (χ2v) is 10.5. The Balaban J connectivity index is 1.90. The Labute approximate surface area is 162 Å². The van der Waals surface area contributed by atoms with E-state index in [1.54, 1.807) is 16.7 Å². The summed E-state index contributed by atoms with van der Waals surface area (Å²) >= 11 is 3.62. The van der Waals surface area contributed by atoms with E-state index in [-0.39, 0.29) is 20.9 Å². The highest BCUT2D eigenvalue weighted by Crippen LogP contribution is 2.28. The average Bonchev–Trinajstić information content (AvgIpc) is 3.14. The highest BCUT2D eigenvalue weighted by molar-refractivity contribution is 8.01. The SMILES string of the molecule is C=CCSc1nnc(NS(=O)(=O)c2ccc3c(c2)sc(=O)n3C(C)C)s1. The molecule has 7 nitrogen and oxygen atoms in total. The molecule has 3 rings (SSSR count). The van der Waals surface area contributed by atoms with Gasteiger partial charge in [0.1, 0.15) is 0 Å². The van der Waals surface area contributed by atoms with Crippen LogP contribution >= 0.6 is 34.4 Å². The molecule has 1 N–H and O–H groups in total. The molecule has 11 heteroatoms. The predicted octanol–water partition coefficient (Wildman–Crippen LogP) is 3.57. The van der Waals surface area contributed by atoms with Crippen molar-refractivity contribution >= 4 is 59.8 Å². The Morgan fingerprint density at radius 1 is 1.35 bits per heavy atom. The lowest BCUT2D eigenvalue weighted by Gasteiger charge is -2.08. The summed E-state index contributed by atoms with van der Waals surface area (Å²) in [6.07, 6.45) is 1.74. The second-order valence-electron chi connectivity index (χ2n) is 5.54. The van der Waals surface area contributed by atoms with E-state index in [1.165, 1.54) is 23.9 Å². The van der Waals surface area contributed by atoms with E-state index in [2.05, 4.69) is 21.5 Å². The van der Waals surface area contributed by atoms with Crippen molar-refractivity contribution < 1.29 is 8.42 Å². The molecule has 0 fully saturated rings. The molecule has 0 saturated heterocycles. The monoisotopic (exact) mass is 428 g/mol. The van der Waals surface area contributed by atoms with Crippen LogP contribution in [0.25, 0.3) is 10.2 Å². The zero-order chi connectivity index (χ0) is 18.9. The first kappa shape index (κ1) is 19.1. The van der Waals surface area contributed by atoms with Gasteiger partial charge in [0.15, 0.2) is 4.34 Å². The zero-order valence-corrected chi connectivity index (χ0v) is 17.3. The number of fused-ring (bicyclic) bond motifs is 1. The van der Waals surface area contributed by atoms with Crippen LogP contribution in [0.15, 0.2) is 44.9 Å². The Kier molecular flexibility index (Phi) is 5.51. The van der Waals surface area contributed by atoms with Crippen LogP contribution < -0.4 is 9.60 Å². The third-order valence-electron chi connectivity index (χ3n) is 3.36. The van der Waals surface area contributed by atoms with Gasteiger partial charge in [-0.05, 0) is 32.0 Å². The van der Waals surface area contributed by atoms with E-state index >= 15 is 0 Å². The summed E-state index contributed by atoms with van der Waals surface area (Å²) in [6.45, 7) is 7.45. The van der Waals surface area contributed by atoms with E-state index < -0.39 is 10.0 Å². The van der Waals surface area contributed by atoms with Gasteiger partial charge in [0.2, 0.25) is 5.13 Å². The molecular formula is C15H16N4O3S4. The van der Waals surface area contributed by atoms with Crippen molar-refractivity contribution in [2.24, 2.45) is 0 Å². The van der Waals surface area contributed by atoms with E-state index in [0.29, 0.717) is 14.8 Å². The predicted molar refractivity (Wildman–Crippen MR) is 108 cm³/mol. The number of nitrogens with one attached hydrogen (secondary N) is 1. The normalized spacial score (nSPS) is 12.0. The lowest BCUT2D eigenvalue weighted by Crippen LogP contribution is -2.15. The number of sulfonamides is 1. The number of aromatic nitrogens is 3. The molecule has 0 aliphatic carbocycles. The average molecular weight is 429 g/mol. The molecule has 2 aromatic heterocycles. The summed E-state index contributed by atoms with van der Waals surface area (Å²) in [5.74, 6) is 0.670. The maximum atomic E-state index is 12.6. The largest absolute Gasteiger partial charge is 0.308 e. The van der Waals surface area contributed by atoms with Gasteiger partial charge < -0.3 is 0 Å². The van der Waals surface area contributed by atoms with E-state index in [9.17, 15) is 13.2 Å². The molecule has 0 spiro atoms. The van der Waals surface area contributed by atoms with Crippen LogP contribution in [0.3, 0.4) is 0 Å². The van der Waals surface area contributed by atoms with Gasteiger partial charge in [-0.2, -0.15) is 0 Å². The second kappa shape index (κ2) is 7.51. The standard InChI is InChI=1S/C15H16N4O3S4/c1-4-7-23-14-17-16-13(25-14)18-26(21,22)10-5-6-11-12(8-10)24-15(20)19(11)9(2)3/h4-6,8-9H,1,7H2,2-3H3,(H,16,18). The summed E-state index contributed by atoms with van der Waals surface area (Å²) in [7, 11) is -3.81. The zero-order valence-electron chi connectivity index (χ0n) is 14.0. The van der Waals surface area contributed by atoms with Gasteiger partial charge >= 0.3 is 4.87 Å². The highest BCUT2D eigenvalue weighted by atomic mass is 32.2. The van der Waals surface area contributed by atoms with Crippen molar-refractivity contribution in [3.63, 3.8) is 0 Å². The number of hydrogen-bond acceptors (Lipinski definition) is 8.